The van der Waals surface area contributed by atoms with Gasteiger partial charge >= 0.3 is 0 Å². The Balaban J connectivity index is 0. The van der Waals surface area contributed by atoms with Crippen molar-refractivity contribution < 1.29 is 0 Å². The van der Waals surface area contributed by atoms with E-state index in [1.807, 2.05) is 0 Å². The Hall–Kier alpha value is -1.20. The first-order valence-electron chi connectivity index (χ1n) is 6.89. The van der Waals surface area contributed by atoms with Gasteiger partial charge in [-0.2, -0.15) is 30.7 Å². The van der Waals surface area contributed by atoms with Gasteiger partial charge in [0, 0.05) is 14.1 Å². The van der Waals surface area contributed by atoms with Gasteiger partial charge in [-0.1, -0.05) is 27.7 Å². The van der Waals surface area contributed by atoms with Gasteiger partial charge in [-0.15, -0.1) is 0 Å². The van der Waals surface area contributed by atoms with E-state index < -0.39 is 0 Å². The minimum atomic E-state index is 0.370. The van der Waals surface area contributed by atoms with Crippen molar-refractivity contribution in [2.24, 2.45) is 42.5 Å². The molecule has 0 fully saturated rings. The minimum Gasteiger partial charge on any atom is -0.198 e. The van der Waals surface area contributed by atoms with Crippen LogP contribution in [0.4, 0.5) is 0 Å². The second kappa shape index (κ2) is 16.8. The molecule has 0 bridgehead atoms. The molecule has 112 valence electrons. The summed E-state index contributed by atoms with van der Waals surface area (Å²) in [6.45, 7) is 10.8. The Kier molecular flexibility index (Phi) is 17.8. The molecule has 0 amide bonds. The molecule has 0 aliphatic rings. The van der Waals surface area contributed by atoms with Crippen molar-refractivity contribution in [2.45, 2.75) is 40.5 Å². The Morgan fingerprint density at radius 1 is 0.632 bits per heavy atom. The third kappa shape index (κ3) is 26.4. The topological polar surface area (TPSA) is 74.2 Å². The average molecular weight is 270 g/mol. The Morgan fingerprint density at radius 3 is 1.53 bits per heavy atom. The molecule has 0 aliphatic carbocycles. The highest BCUT2D eigenvalue weighted by Gasteiger charge is 1.90. The molecule has 6 nitrogen and oxygen atoms in total. The highest BCUT2D eigenvalue weighted by atomic mass is 15.2. The zero-order valence-electron chi connectivity index (χ0n) is 13.4. The summed E-state index contributed by atoms with van der Waals surface area (Å²) in [7, 11) is 3.34. The molecule has 0 aromatic rings. The van der Waals surface area contributed by atoms with E-state index in [1.54, 1.807) is 14.1 Å². The van der Waals surface area contributed by atoms with Gasteiger partial charge in [0.15, 0.2) is 6.67 Å². The normalized spacial score (nSPS) is 12.0. The van der Waals surface area contributed by atoms with Crippen LogP contribution in [-0.4, -0.2) is 33.9 Å². The fourth-order valence-electron chi connectivity index (χ4n) is 0.939. The molecule has 0 radical (unpaired) electrons. The Bertz CT molecular complexity index is 246. The molecule has 0 spiro atoms. The third-order valence-corrected chi connectivity index (χ3v) is 2.12. The van der Waals surface area contributed by atoms with E-state index in [-0.39, 0.29) is 0 Å². The molecule has 0 saturated carbocycles. The SMILES string of the molecule is CN=NCCC(C)C.CN=NCN=NCCC(C)C. The summed E-state index contributed by atoms with van der Waals surface area (Å²) < 4.78 is 0. The number of hydrogen-bond donors (Lipinski definition) is 0. The van der Waals surface area contributed by atoms with Gasteiger partial charge in [0.05, 0.1) is 13.1 Å². The van der Waals surface area contributed by atoms with Crippen LogP contribution in [0.5, 0.6) is 0 Å². The molecule has 0 rings (SSSR count). The zero-order valence-corrected chi connectivity index (χ0v) is 13.4. The smallest absolute Gasteiger partial charge is 0.170 e. The van der Waals surface area contributed by atoms with E-state index in [9.17, 15) is 0 Å². The molecule has 6 heteroatoms. The maximum Gasteiger partial charge on any atom is 0.170 e. The third-order valence-electron chi connectivity index (χ3n) is 2.12. The van der Waals surface area contributed by atoms with E-state index in [0.717, 1.165) is 31.8 Å². The van der Waals surface area contributed by atoms with Crippen LogP contribution in [0.2, 0.25) is 0 Å². The van der Waals surface area contributed by atoms with E-state index in [1.165, 1.54) is 0 Å². The second-order valence-electron chi connectivity index (χ2n) is 4.92. The van der Waals surface area contributed by atoms with Gasteiger partial charge in [0.1, 0.15) is 0 Å². The molecule has 0 N–H and O–H groups in total. The summed E-state index contributed by atoms with van der Waals surface area (Å²) >= 11 is 0. The van der Waals surface area contributed by atoms with Crippen molar-refractivity contribution in [3.8, 4) is 0 Å². The highest BCUT2D eigenvalue weighted by Crippen LogP contribution is 1.98. The minimum absolute atomic E-state index is 0.370. The number of hydrogen-bond acceptors (Lipinski definition) is 6. The average Bonchev–Trinajstić information content (AvgIpc) is 2.34. The van der Waals surface area contributed by atoms with E-state index in [4.69, 9.17) is 0 Å². The summed E-state index contributed by atoms with van der Waals surface area (Å²) in [5, 5.41) is 22.4. The number of nitrogens with zero attached hydrogens (tertiary/aromatic N) is 6. The second-order valence-corrected chi connectivity index (χ2v) is 4.92. The lowest BCUT2D eigenvalue weighted by Gasteiger charge is -1.97. The first kappa shape index (κ1) is 20.1. The number of azo groups is 3. The summed E-state index contributed by atoms with van der Waals surface area (Å²) in [6, 6.07) is 0. The first-order chi connectivity index (χ1) is 9.04. The van der Waals surface area contributed by atoms with Crippen molar-refractivity contribution in [1.29, 1.82) is 0 Å². The van der Waals surface area contributed by atoms with Crippen molar-refractivity contribution in [2.75, 3.05) is 33.9 Å². The van der Waals surface area contributed by atoms with Crippen LogP contribution in [0.25, 0.3) is 0 Å². The van der Waals surface area contributed by atoms with Gasteiger partial charge in [-0.3, -0.25) is 0 Å². The lowest BCUT2D eigenvalue weighted by Crippen LogP contribution is -1.89. The molecule has 0 aromatic heterocycles. The van der Waals surface area contributed by atoms with Crippen LogP contribution < -0.4 is 0 Å². The molecule has 0 aliphatic heterocycles. The quantitative estimate of drug-likeness (QED) is 0.576. The molecular weight excluding hydrogens is 240 g/mol. The van der Waals surface area contributed by atoms with Crippen molar-refractivity contribution in [3.63, 3.8) is 0 Å². The summed E-state index contributed by atoms with van der Waals surface area (Å²) in [4.78, 5) is 0. The molecule has 0 aromatic carbocycles. The highest BCUT2D eigenvalue weighted by molar-refractivity contribution is 4.46. The maximum atomic E-state index is 3.92. The van der Waals surface area contributed by atoms with Crippen molar-refractivity contribution in [1.82, 2.24) is 0 Å². The Labute approximate surface area is 117 Å². The van der Waals surface area contributed by atoms with Crippen LogP contribution in [0, 0.1) is 11.8 Å². The largest absolute Gasteiger partial charge is 0.198 e. The summed E-state index contributed by atoms with van der Waals surface area (Å²) in [5.74, 6) is 1.45. The molecule has 0 heterocycles. The van der Waals surface area contributed by atoms with Gasteiger partial charge in [0.2, 0.25) is 0 Å². The van der Waals surface area contributed by atoms with E-state index in [0.29, 0.717) is 12.6 Å². The molecule has 19 heavy (non-hydrogen) atoms. The van der Waals surface area contributed by atoms with Crippen LogP contribution in [0.1, 0.15) is 40.5 Å². The fourth-order valence-corrected chi connectivity index (χ4v) is 0.939. The number of rotatable bonds is 8. The zero-order chi connectivity index (χ0) is 14.9. The van der Waals surface area contributed by atoms with Crippen molar-refractivity contribution >= 4 is 0 Å². The Morgan fingerprint density at radius 2 is 1.11 bits per heavy atom. The molecule has 0 unspecified atom stereocenters. The van der Waals surface area contributed by atoms with Gasteiger partial charge in [-0.25, -0.2) is 0 Å². The monoisotopic (exact) mass is 270 g/mol. The summed E-state index contributed by atoms with van der Waals surface area (Å²) in [6.07, 6.45) is 2.24. The predicted molar refractivity (Wildman–Crippen MR) is 79.9 cm³/mol. The van der Waals surface area contributed by atoms with E-state index >= 15 is 0 Å². The molecule has 0 atom stereocenters. The van der Waals surface area contributed by atoms with Gasteiger partial charge in [0.25, 0.3) is 0 Å². The van der Waals surface area contributed by atoms with Gasteiger partial charge < -0.3 is 0 Å². The lowest BCUT2D eigenvalue weighted by atomic mass is 10.1. The lowest BCUT2D eigenvalue weighted by molar-refractivity contribution is 0.584. The van der Waals surface area contributed by atoms with Crippen LogP contribution in [-0.2, 0) is 0 Å². The van der Waals surface area contributed by atoms with Crippen LogP contribution in [0.15, 0.2) is 30.7 Å². The van der Waals surface area contributed by atoms with Crippen LogP contribution in [0.3, 0.4) is 0 Å². The molecule has 0 saturated heterocycles. The summed E-state index contributed by atoms with van der Waals surface area (Å²) in [5.41, 5.74) is 0. The fraction of sp³-hybridized carbons (Fsp3) is 1.00. The van der Waals surface area contributed by atoms with Crippen molar-refractivity contribution in [3.05, 3.63) is 0 Å². The predicted octanol–water partition coefficient (Wildman–Crippen LogP) is 4.64. The standard InChI is InChI=1S/C7H16N4.C6H14N2/c1-7(2)4-5-9-11-6-10-8-3;1-6(2)4-5-8-7-3/h7H,4-6H2,1-3H3;6H,4-5H2,1-3H3. The van der Waals surface area contributed by atoms with Crippen LogP contribution >= 0.6 is 0 Å². The first-order valence-corrected chi connectivity index (χ1v) is 6.89. The molecular formula is C13H30N6. The maximum absolute atomic E-state index is 3.92. The van der Waals surface area contributed by atoms with Gasteiger partial charge in [-0.05, 0) is 24.7 Å². The van der Waals surface area contributed by atoms with E-state index in [2.05, 4.69) is 58.4 Å².